The van der Waals surface area contributed by atoms with Crippen LogP contribution in [0.15, 0.2) is 18.2 Å². The van der Waals surface area contributed by atoms with Crippen molar-refractivity contribution in [1.29, 1.82) is 0 Å². The van der Waals surface area contributed by atoms with Crippen LogP contribution in [0.1, 0.15) is 31.1 Å². The Morgan fingerprint density at radius 1 is 1.32 bits per heavy atom. The highest BCUT2D eigenvalue weighted by atomic mass is 16.6. The van der Waals surface area contributed by atoms with E-state index in [1.54, 1.807) is 0 Å². The van der Waals surface area contributed by atoms with Crippen LogP contribution in [-0.2, 0) is 9.53 Å². The molecule has 0 spiro atoms. The Labute approximate surface area is 145 Å². The number of nitrogens with zero attached hydrogens (tertiary/aromatic N) is 1. The van der Waals surface area contributed by atoms with E-state index in [0.717, 1.165) is 6.07 Å². The summed E-state index contributed by atoms with van der Waals surface area (Å²) < 4.78 is 5.11. The molecule has 0 heterocycles. The van der Waals surface area contributed by atoms with Crippen LogP contribution in [0.25, 0.3) is 0 Å². The molecule has 1 rings (SSSR count). The average molecular weight is 353 g/mol. The first-order valence-electron chi connectivity index (χ1n) is 7.88. The molecule has 0 saturated heterocycles. The van der Waals surface area contributed by atoms with E-state index in [1.165, 1.54) is 19.1 Å². The molecule has 1 aromatic rings. The zero-order valence-corrected chi connectivity index (χ0v) is 14.4. The third-order valence-electron chi connectivity index (χ3n) is 3.20. The molecular weight excluding hydrogens is 330 g/mol. The fourth-order valence-electron chi connectivity index (χ4n) is 1.89. The van der Waals surface area contributed by atoms with E-state index in [9.17, 15) is 19.7 Å². The van der Waals surface area contributed by atoms with Gasteiger partial charge in [-0.15, -0.1) is 0 Å². The number of ether oxygens (including phenoxy) is 1. The summed E-state index contributed by atoms with van der Waals surface area (Å²) >= 11 is 0. The van der Waals surface area contributed by atoms with Crippen molar-refractivity contribution in [3.63, 3.8) is 0 Å². The predicted octanol–water partition coefficient (Wildman–Crippen LogP) is 1.32. The first kappa shape index (κ1) is 20.4. The van der Waals surface area contributed by atoms with Gasteiger partial charge in [0.05, 0.1) is 17.1 Å². The van der Waals surface area contributed by atoms with Crippen molar-refractivity contribution in [2.75, 3.05) is 25.0 Å². The van der Waals surface area contributed by atoms with Crippen molar-refractivity contribution in [2.24, 2.45) is 5.92 Å². The van der Waals surface area contributed by atoms with Crippen LogP contribution in [0.4, 0.5) is 11.4 Å². The fraction of sp³-hybridized carbons (Fsp3) is 0.500. The van der Waals surface area contributed by atoms with Gasteiger partial charge in [-0.05, 0) is 18.9 Å². The van der Waals surface area contributed by atoms with E-state index in [4.69, 9.17) is 9.84 Å². The average Bonchev–Trinajstić information content (AvgIpc) is 2.57. The number of nitro benzene ring substituents is 1. The summed E-state index contributed by atoms with van der Waals surface area (Å²) in [4.78, 5) is 34.5. The number of hydrogen-bond donors (Lipinski definition) is 3. The highest BCUT2D eigenvalue weighted by Crippen LogP contribution is 2.23. The maximum atomic E-state index is 12.3. The van der Waals surface area contributed by atoms with Crippen molar-refractivity contribution in [3.8, 4) is 0 Å². The van der Waals surface area contributed by atoms with E-state index in [1.807, 2.05) is 13.8 Å². The summed E-state index contributed by atoms with van der Waals surface area (Å²) in [6.07, 6.45) is -1.05. The zero-order chi connectivity index (χ0) is 19.0. The maximum absolute atomic E-state index is 12.3. The molecule has 1 atom stereocenters. The van der Waals surface area contributed by atoms with Gasteiger partial charge in [0.1, 0.15) is 0 Å². The van der Waals surface area contributed by atoms with Crippen molar-refractivity contribution in [3.05, 3.63) is 33.9 Å². The number of amides is 1. The normalized spacial score (nSPS) is 11.7. The second-order valence-electron chi connectivity index (χ2n) is 5.82. The van der Waals surface area contributed by atoms with Gasteiger partial charge in [0.2, 0.25) is 0 Å². The van der Waals surface area contributed by atoms with Crippen LogP contribution in [0, 0.1) is 16.0 Å². The number of nitrogens with one attached hydrogen (secondary N) is 2. The summed E-state index contributed by atoms with van der Waals surface area (Å²) in [5.41, 5.74) is -0.0796. The molecule has 1 amide bonds. The molecule has 9 heteroatoms. The molecule has 0 aliphatic carbocycles. The van der Waals surface area contributed by atoms with Gasteiger partial charge >= 0.3 is 5.97 Å². The lowest BCUT2D eigenvalue weighted by Gasteiger charge is -2.16. The molecule has 0 aliphatic rings. The number of rotatable bonds is 9. The number of carbonyl (C=O) groups excluding carboxylic acids is 2. The molecule has 1 aromatic carbocycles. The number of hydrogen-bond acceptors (Lipinski definition) is 7. The lowest BCUT2D eigenvalue weighted by molar-refractivity contribution is -0.384. The summed E-state index contributed by atoms with van der Waals surface area (Å²) in [7, 11) is 0. The minimum Gasteiger partial charge on any atom is -0.449 e. The van der Waals surface area contributed by atoms with E-state index < -0.39 is 22.9 Å². The van der Waals surface area contributed by atoms with Crippen molar-refractivity contribution >= 4 is 23.3 Å². The Morgan fingerprint density at radius 3 is 2.56 bits per heavy atom. The van der Waals surface area contributed by atoms with Gasteiger partial charge in [0.25, 0.3) is 11.6 Å². The van der Waals surface area contributed by atoms with E-state index >= 15 is 0 Å². The summed E-state index contributed by atoms with van der Waals surface area (Å²) in [5.74, 6) is -1.06. The van der Waals surface area contributed by atoms with Crippen LogP contribution < -0.4 is 10.6 Å². The second-order valence-corrected chi connectivity index (χ2v) is 5.82. The molecule has 9 nitrogen and oxygen atoms in total. The largest absolute Gasteiger partial charge is 0.449 e. The number of anilines is 1. The topological polar surface area (TPSA) is 131 Å². The van der Waals surface area contributed by atoms with Crippen molar-refractivity contribution in [2.45, 2.75) is 26.9 Å². The number of aliphatic hydroxyl groups is 1. The van der Waals surface area contributed by atoms with Crippen LogP contribution in [-0.4, -0.2) is 47.7 Å². The number of aliphatic hydroxyl groups excluding tert-OH is 1. The number of benzene rings is 1. The Hall–Kier alpha value is -2.68. The summed E-state index contributed by atoms with van der Waals surface area (Å²) in [5, 5.41) is 25.2. The lowest BCUT2D eigenvalue weighted by Crippen LogP contribution is -2.37. The standard InChI is InChI=1S/C16H23N3O6/c1-10(2)9-18-15(21)11(3)25-16(22)13-8-12(19(23)24)4-5-14(13)17-6-7-20/h4-5,8,10-11,17,20H,6-7,9H2,1-3H3,(H,18,21)/t11-/m1/s1. The minimum absolute atomic E-state index is 0.0776. The summed E-state index contributed by atoms with van der Waals surface area (Å²) in [6, 6.07) is 3.66. The van der Waals surface area contributed by atoms with Gasteiger partial charge in [-0.1, -0.05) is 13.8 Å². The lowest BCUT2D eigenvalue weighted by atomic mass is 10.1. The van der Waals surface area contributed by atoms with Gasteiger partial charge in [-0.3, -0.25) is 14.9 Å². The van der Waals surface area contributed by atoms with E-state index in [2.05, 4.69) is 10.6 Å². The van der Waals surface area contributed by atoms with Crippen LogP contribution in [0.3, 0.4) is 0 Å². The molecule has 0 fully saturated rings. The fourth-order valence-corrected chi connectivity index (χ4v) is 1.89. The molecule has 0 radical (unpaired) electrons. The molecule has 0 unspecified atom stereocenters. The highest BCUT2D eigenvalue weighted by molar-refractivity contribution is 5.98. The molecule has 0 saturated carbocycles. The molecule has 0 aliphatic heterocycles. The molecule has 0 aromatic heterocycles. The number of carbonyl (C=O) groups is 2. The zero-order valence-electron chi connectivity index (χ0n) is 14.4. The number of esters is 1. The molecule has 138 valence electrons. The smallest absolute Gasteiger partial charge is 0.341 e. The Kier molecular flexibility index (Phi) is 7.80. The first-order chi connectivity index (χ1) is 11.8. The Bertz CT molecular complexity index is 632. The van der Waals surface area contributed by atoms with Crippen LogP contribution >= 0.6 is 0 Å². The second kappa shape index (κ2) is 9.58. The minimum atomic E-state index is -1.05. The van der Waals surface area contributed by atoms with E-state index in [0.29, 0.717) is 6.54 Å². The maximum Gasteiger partial charge on any atom is 0.341 e. The number of non-ortho nitro benzene ring substituents is 1. The third-order valence-corrected chi connectivity index (χ3v) is 3.20. The Balaban J connectivity index is 2.92. The van der Waals surface area contributed by atoms with Gasteiger partial charge in [0, 0.05) is 30.9 Å². The van der Waals surface area contributed by atoms with Gasteiger partial charge in [0.15, 0.2) is 6.10 Å². The van der Waals surface area contributed by atoms with Crippen LogP contribution in [0.2, 0.25) is 0 Å². The first-order valence-corrected chi connectivity index (χ1v) is 7.88. The molecule has 3 N–H and O–H groups in total. The van der Waals surface area contributed by atoms with Gasteiger partial charge < -0.3 is 20.5 Å². The van der Waals surface area contributed by atoms with Crippen molar-refractivity contribution < 1.29 is 24.4 Å². The monoisotopic (exact) mass is 353 g/mol. The van der Waals surface area contributed by atoms with E-state index in [-0.39, 0.29) is 36.0 Å². The SMILES string of the molecule is CC(C)CNC(=O)[C@@H](C)OC(=O)c1cc([N+](=O)[O-])ccc1NCCO. The summed E-state index contributed by atoms with van der Waals surface area (Å²) in [6.45, 7) is 5.70. The highest BCUT2D eigenvalue weighted by Gasteiger charge is 2.23. The molecular formula is C16H23N3O6. The third kappa shape index (κ3) is 6.38. The van der Waals surface area contributed by atoms with Gasteiger partial charge in [-0.2, -0.15) is 0 Å². The number of nitro groups is 1. The molecule has 25 heavy (non-hydrogen) atoms. The molecule has 0 bridgehead atoms. The quantitative estimate of drug-likeness (QED) is 0.346. The van der Waals surface area contributed by atoms with Crippen molar-refractivity contribution in [1.82, 2.24) is 5.32 Å². The van der Waals surface area contributed by atoms with Gasteiger partial charge in [-0.25, -0.2) is 4.79 Å². The predicted molar refractivity (Wildman–Crippen MR) is 91.4 cm³/mol. The Morgan fingerprint density at radius 2 is 2.00 bits per heavy atom. The van der Waals surface area contributed by atoms with Crippen LogP contribution in [0.5, 0.6) is 0 Å².